The van der Waals surface area contributed by atoms with Crippen LogP contribution in [0.2, 0.25) is 0 Å². The van der Waals surface area contributed by atoms with Crippen molar-refractivity contribution in [2.45, 2.75) is 59.0 Å². The number of hydrogen-bond acceptors (Lipinski definition) is 5. The van der Waals surface area contributed by atoms with Gasteiger partial charge in [-0.2, -0.15) is 0 Å². The van der Waals surface area contributed by atoms with E-state index in [1.165, 1.54) is 29.1 Å². The molecule has 1 aromatic carbocycles. The van der Waals surface area contributed by atoms with E-state index in [2.05, 4.69) is 24.1 Å². The molecular weight excluding hydrogens is 427 g/mol. The summed E-state index contributed by atoms with van der Waals surface area (Å²) in [4.78, 5) is 36.0. The van der Waals surface area contributed by atoms with Gasteiger partial charge in [-0.1, -0.05) is 13.8 Å². The van der Waals surface area contributed by atoms with E-state index in [9.17, 15) is 14.0 Å². The Morgan fingerprint density at radius 2 is 1.91 bits per heavy atom. The van der Waals surface area contributed by atoms with Crippen LogP contribution in [-0.4, -0.2) is 33.4 Å². The summed E-state index contributed by atoms with van der Waals surface area (Å²) in [6.45, 7) is 7.99. The average Bonchev–Trinajstić information content (AvgIpc) is 3.17. The Morgan fingerprint density at radius 1 is 1.22 bits per heavy atom. The topological polar surface area (TPSA) is 67.2 Å². The summed E-state index contributed by atoms with van der Waals surface area (Å²) in [6, 6.07) is 4.86. The van der Waals surface area contributed by atoms with Gasteiger partial charge >= 0.3 is 0 Å². The minimum Gasteiger partial charge on any atom is -0.324 e. The van der Waals surface area contributed by atoms with Gasteiger partial charge in [0.2, 0.25) is 5.91 Å². The Bertz CT molecular complexity index is 1180. The number of aryl methyl sites for hydroxylation is 2. The number of nitrogens with zero attached hydrogens (tertiary/aromatic N) is 3. The number of halogens is 1. The highest BCUT2D eigenvalue weighted by molar-refractivity contribution is 7.18. The molecule has 32 heavy (non-hydrogen) atoms. The highest BCUT2D eigenvalue weighted by Crippen LogP contribution is 2.34. The van der Waals surface area contributed by atoms with E-state index in [4.69, 9.17) is 4.98 Å². The van der Waals surface area contributed by atoms with E-state index in [-0.39, 0.29) is 17.3 Å². The van der Waals surface area contributed by atoms with Gasteiger partial charge in [-0.25, -0.2) is 9.37 Å². The van der Waals surface area contributed by atoms with Gasteiger partial charge in [0.15, 0.2) is 0 Å². The second kappa shape index (κ2) is 9.50. The first kappa shape index (κ1) is 22.6. The van der Waals surface area contributed by atoms with Crippen molar-refractivity contribution in [3.05, 3.63) is 56.7 Å². The van der Waals surface area contributed by atoms with Crippen molar-refractivity contribution in [2.75, 3.05) is 18.4 Å². The molecule has 2 heterocycles. The molecule has 4 rings (SSSR count). The van der Waals surface area contributed by atoms with E-state index in [0.717, 1.165) is 49.2 Å². The zero-order chi connectivity index (χ0) is 22.8. The number of nitrogens with one attached hydrogen (secondary N) is 1. The van der Waals surface area contributed by atoms with Crippen LogP contribution in [-0.2, 0) is 24.2 Å². The first-order valence-electron chi connectivity index (χ1n) is 11.3. The van der Waals surface area contributed by atoms with Crippen LogP contribution in [0.25, 0.3) is 10.2 Å². The third-order valence-electron chi connectivity index (χ3n) is 6.23. The van der Waals surface area contributed by atoms with Crippen LogP contribution in [0.3, 0.4) is 0 Å². The number of benzene rings is 1. The number of aromatic nitrogens is 2. The van der Waals surface area contributed by atoms with Crippen LogP contribution in [0.4, 0.5) is 10.1 Å². The van der Waals surface area contributed by atoms with Gasteiger partial charge in [0.05, 0.1) is 11.9 Å². The van der Waals surface area contributed by atoms with Crippen LogP contribution in [0, 0.1) is 5.82 Å². The molecular formula is C24H29FN4O2S. The first-order valence-corrected chi connectivity index (χ1v) is 12.1. The predicted octanol–water partition coefficient (Wildman–Crippen LogP) is 4.52. The van der Waals surface area contributed by atoms with Gasteiger partial charge in [-0.15, -0.1) is 11.3 Å². The molecule has 3 aromatic rings. The lowest BCUT2D eigenvalue weighted by Crippen LogP contribution is -2.37. The Morgan fingerprint density at radius 3 is 2.59 bits per heavy atom. The van der Waals surface area contributed by atoms with E-state index in [1.807, 2.05) is 0 Å². The molecule has 0 spiro atoms. The van der Waals surface area contributed by atoms with Crippen LogP contribution >= 0.6 is 11.3 Å². The van der Waals surface area contributed by atoms with Crippen molar-refractivity contribution in [3.63, 3.8) is 0 Å². The van der Waals surface area contributed by atoms with Crippen LogP contribution in [0.15, 0.2) is 29.1 Å². The number of amides is 1. The SMILES string of the molecule is CCN(CC)Cc1nc2sc3c(c2c(=O)n1C(C)C(=O)Nc1ccc(F)cc1)CCCC3. The summed E-state index contributed by atoms with van der Waals surface area (Å²) in [5.41, 5.74) is 1.46. The van der Waals surface area contributed by atoms with E-state index < -0.39 is 6.04 Å². The minimum atomic E-state index is -0.755. The molecule has 1 atom stereocenters. The smallest absolute Gasteiger partial charge is 0.263 e. The number of hydrogen-bond donors (Lipinski definition) is 1. The highest BCUT2D eigenvalue weighted by Gasteiger charge is 2.27. The monoisotopic (exact) mass is 456 g/mol. The van der Waals surface area contributed by atoms with Gasteiger partial charge < -0.3 is 5.32 Å². The van der Waals surface area contributed by atoms with Crippen LogP contribution in [0.1, 0.15) is 55.9 Å². The predicted molar refractivity (Wildman–Crippen MR) is 127 cm³/mol. The zero-order valence-corrected chi connectivity index (χ0v) is 19.6. The normalized spacial score (nSPS) is 14.5. The Hall–Kier alpha value is -2.58. The number of fused-ring (bicyclic) bond motifs is 3. The number of thiophene rings is 1. The Kier molecular flexibility index (Phi) is 6.71. The van der Waals surface area contributed by atoms with Gasteiger partial charge in [-0.3, -0.25) is 19.1 Å². The third-order valence-corrected chi connectivity index (χ3v) is 7.42. The summed E-state index contributed by atoms with van der Waals surface area (Å²) >= 11 is 1.62. The van der Waals surface area contributed by atoms with Crippen LogP contribution in [0.5, 0.6) is 0 Å². The molecule has 2 aromatic heterocycles. The first-order chi connectivity index (χ1) is 15.4. The maximum Gasteiger partial charge on any atom is 0.263 e. The van der Waals surface area contributed by atoms with E-state index in [1.54, 1.807) is 22.8 Å². The number of rotatable bonds is 7. The largest absolute Gasteiger partial charge is 0.324 e. The summed E-state index contributed by atoms with van der Waals surface area (Å²) in [5, 5.41) is 3.48. The fourth-order valence-electron chi connectivity index (χ4n) is 4.31. The van der Waals surface area contributed by atoms with Gasteiger partial charge in [0.25, 0.3) is 5.56 Å². The second-order valence-corrected chi connectivity index (χ2v) is 9.31. The van der Waals surface area contributed by atoms with Gasteiger partial charge in [0, 0.05) is 10.6 Å². The standard InChI is InChI=1S/C24H29FN4O2S/c1-4-28(5-2)14-20-27-23-21(18-8-6-7-9-19(18)32-23)24(31)29(20)15(3)22(30)26-17-12-10-16(25)11-13-17/h10-13,15H,4-9,14H2,1-3H3,(H,26,30). The lowest BCUT2D eigenvalue weighted by Gasteiger charge is -2.23. The van der Waals surface area contributed by atoms with Crippen molar-refractivity contribution in [3.8, 4) is 0 Å². The summed E-state index contributed by atoms with van der Waals surface area (Å²) in [6.07, 6.45) is 4.08. The quantitative estimate of drug-likeness (QED) is 0.568. The maximum absolute atomic E-state index is 13.8. The van der Waals surface area contributed by atoms with Crippen molar-refractivity contribution in [2.24, 2.45) is 0 Å². The zero-order valence-electron chi connectivity index (χ0n) is 18.8. The van der Waals surface area contributed by atoms with Crippen molar-refractivity contribution >= 4 is 33.1 Å². The molecule has 1 amide bonds. The molecule has 1 unspecified atom stereocenters. The molecule has 0 saturated heterocycles. The molecule has 0 fully saturated rings. The van der Waals surface area contributed by atoms with Gasteiger partial charge in [-0.05, 0) is 75.5 Å². The minimum absolute atomic E-state index is 0.140. The average molecular weight is 457 g/mol. The molecule has 0 radical (unpaired) electrons. The Balaban J connectivity index is 1.79. The second-order valence-electron chi connectivity index (χ2n) is 8.23. The fraction of sp³-hybridized carbons (Fsp3) is 0.458. The number of anilines is 1. The Labute approximate surface area is 191 Å². The van der Waals surface area contributed by atoms with E-state index in [0.29, 0.717) is 23.4 Å². The van der Waals surface area contributed by atoms with E-state index >= 15 is 0 Å². The maximum atomic E-state index is 13.8. The van der Waals surface area contributed by atoms with Gasteiger partial charge in [0.1, 0.15) is 22.5 Å². The lowest BCUT2D eigenvalue weighted by atomic mass is 9.97. The molecule has 0 aliphatic heterocycles. The van der Waals surface area contributed by atoms with Crippen molar-refractivity contribution in [1.29, 1.82) is 0 Å². The summed E-state index contributed by atoms with van der Waals surface area (Å²) in [7, 11) is 0. The van der Waals surface area contributed by atoms with Crippen molar-refractivity contribution < 1.29 is 9.18 Å². The highest BCUT2D eigenvalue weighted by atomic mass is 32.1. The molecule has 0 saturated carbocycles. The molecule has 1 N–H and O–H groups in total. The van der Waals surface area contributed by atoms with Crippen molar-refractivity contribution in [1.82, 2.24) is 14.5 Å². The fourth-order valence-corrected chi connectivity index (χ4v) is 5.59. The number of carbonyl (C=O) groups is 1. The number of carbonyl (C=O) groups excluding carboxylic acids is 1. The summed E-state index contributed by atoms with van der Waals surface area (Å²) in [5.74, 6) is -0.0954. The molecule has 170 valence electrons. The third kappa shape index (κ3) is 4.34. The molecule has 1 aliphatic rings. The molecule has 0 bridgehead atoms. The molecule has 1 aliphatic carbocycles. The molecule has 6 nitrogen and oxygen atoms in total. The molecule has 8 heteroatoms. The summed E-state index contributed by atoms with van der Waals surface area (Å²) < 4.78 is 14.8. The lowest BCUT2D eigenvalue weighted by molar-refractivity contribution is -0.119. The van der Waals surface area contributed by atoms with Crippen LogP contribution < -0.4 is 10.9 Å².